The smallest absolute Gasteiger partial charge is 0.245 e. The molecule has 3 amide bonds. The van der Waals surface area contributed by atoms with E-state index in [4.69, 9.17) is 5.73 Å². The molecule has 0 aromatic heterocycles. The molecule has 6 heteroatoms. The van der Waals surface area contributed by atoms with Crippen LogP contribution < -0.4 is 5.73 Å². The zero-order valence-electron chi connectivity index (χ0n) is 12.8. The molecule has 0 fully saturated rings. The zero-order valence-corrected chi connectivity index (χ0v) is 12.8. The van der Waals surface area contributed by atoms with Gasteiger partial charge in [0.25, 0.3) is 0 Å². The summed E-state index contributed by atoms with van der Waals surface area (Å²) >= 11 is 0. The Morgan fingerprint density at radius 3 is 2.20 bits per heavy atom. The van der Waals surface area contributed by atoms with Crippen LogP contribution >= 0.6 is 0 Å². The zero-order chi connectivity index (χ0) is 15.9. The summed E-state index contributed by atoms with van der Waals surface area (Å²) in [6.07, 6.45) is 2.03. The van der Waals surface area contributed by atoms with Crippen molar-refractivity contribution in [3.63, 3.8) is 0 Å². The van der Waals surface area contributed by atoms with E-state index in [2.05, 4.69) is 6.58 Å². The second-order valence-electron chi connectivity index (χ2n) is 5.16. The third kappa shape index (κ3) is 5.42. The fourth-order valence-corrected chi connectivity index (χ4v) is 2.03. The monoisotopic (exact) mass is 283 g/mol. The summed E-state index contributed by atoms with van der Waals surface area (Å²) in [5, 5.41) is 0. The first-order valence-corrected chi connectivity index (χ1v) is 6.64. The third-order valence-electron chi connectivity index (χ3n) is 3.17. The van der Waals surface area contributed by atoms with Crippen LogP contribution in [0.3, 0.4) is 0 Å². The minimum atomic E-state index is -0.602. The van der Waals surface area contributed by atoms with Gasteiger partial charge in [-0.25, -0.2) is 0 Å². The van der Waals surface area contributed by atoms with E-state index in [0.29, 0.717) is 13.0 Å². The Morgan fingerprint density at radius 1 is 1.25 bits per heavy atom. The van der Waals surface area contributed by atoms with Gasteiger partial charge in [-0.05, 0) is 18.4 Å². The molecule has 0 bridgehead atoms. The molecule has 0 aliphatic heterocycles. The van der Waals surface area contributed by atoms with Gasteiger partial charge >= 0.3 is 0 Å². The maximum atomic E-state index is 12.0. The van der Waals surface area contributed by atoms with Gasteiger partial charge in [0.2, 0.25) is 17.7 Å². The summed E-state index contributed by atoms with van der Waals surface area (Å²) in [5.74, 6) is -0.869. The number of hydrogen-bond donors (Lipinski definition) is 1. The number of primary amides is 1. The van der Waals surface area contributed by atoms with Gasteiger partial charge < -0.3 is 15.5 Å². The first kappa shape index (κ1) is 18.1. The van der Waals surface area contributed by atoms with E-state index in [1.54, 1.807) is 14.1 Å². The quantitative estimate of drug-likeness (QED) is 0.654. The van der Waals surface area contributed by atoms with E-state index in [0.717, 1.165) is 0 Å². The molecule has 1 atom stereocenters. The highest BCUT2D eigenvalue weighted by molar-refractivity contribution is 5.87. The van der Waals surface area contributed by atoms with E-state index in [1.165, 1.54) is 15.9 Å². The van der Waals surface area contributed by atoms with Crippen molar-refractivity contribution in [3.8, 4) is 0 Å². The van der Waals surface area contributed by atoms with Crippen molar-refractivity contribution in [3.05, 3.63) is 12.7 Å². The molecule has 2 N–H and O–H groups in total. The Hall–Kier alpha value is -1.85. The Labute approximate surface area is 120 Å². The predicted molar refractivity (Wildman–Crippen MR) is 77.7 cm³/mol. The molecule has 0 spiro atoms. The van der Waals surface area contributed by atoms with Crippen LogP contribution in [-0.2, 0) is 14.4 Å². The van der Waals surface area contributed by atoms with Gasteiger partial charge in [0.15, 0.2) is 0 Å². The lowest BCUT2D eigenvalue weighted by Gasteiger charge is -2.28. The number of hydrogen-bond acceptors (Lipinski definition) is 3. The average Bonchev–Trinajstić information content (AvgIpc) is 2.36. The maximum Gasteiger partial charge on any atom is 0.245 e. The lowest BCUT2D eigenvalue weighted by atomic mass is 10.0. The van der Waals surface area contributed by atoms with Crippen LogP contribution in [0.4, 0.5) is 0 Å². The van der Waals surface area contributed by atoms with E-state index in [-0.39, 0.29) is 24.2 Å². The highest BCUT2D eigenvalue weighted by atomic mass is 16.2. The van der Waals surface area contributed by atoms with Crippen LogP contribution in [0.5, 0.6) is 0 Å². The van der Waals surface area contributed by atoms with Gasteiger partial charge in [0.05, 0.1) is 0 Å². The molecule has 0 radical (unpaired) electrons. The van der Waals surface area contributed by atoms with Crippen molar-refractivity contribution in [1.29, 1.82) is 0 Å². The second-order valence-corrected chi connectivity index (χ2v) is 5.16. The number of likely N-dealkylation sites (N-methyl/N-ethyl adjacent to an activating group) is 2. The Kier molecular flexibility index (Phi) is 7.57. The van der Waals surface area contributed by atoms with E-state index in [9.17, 15) is 14.4 Å². The summed E-state index contributed by atoms with van der Waals surface area (Å²) < 4.78 is 0. The normalized spacial score (nSPS) is 11.8. The third-order valence-corrected chi connectivity index (χ3v) is 3.17. The van der Waals surface area contributed by atoms with Crippen LogP contribution in [-0.4, -0.2) is 54.2 Å². The van der Waals surface area contributed by atoms with E-state index >= 15 is 0 Å². The molecule has 6 nitrogen and oxygen atoms in total. The SMILES string of the molecule is C=CC(=O)N(C)CCCC(=O)N(C)[C@H](C(N)=O)C(C)C. The molecule has 114 valence electrons. The van der Waals surface area contributed by atoms with Gasteiger partial charge in [0.1, 0.15) is 6.04 Å². The number of nitrogens with zero attached hydrogens (tertiary/aromatic N) is 2. The minimum Gasteiger partial charge on any atom is -0.368 e. The molecule has 0 heterocycles. The van der Waals surface area contributed by atoms with Crippen LogP contribution in [0.1, 0.15) is 26.7 Å². The Balaban J connectivity index is 4.36. The highest BCUT2D eigenvalue weighted by Gasteiger charge is 2.27. The van der Waals surface area contributed by atoms with Gasteiger partial charge in [-0.3, -0.25) is 14.4 Å². The van der Waals surface area contributed by atoms with Gasteiger partial charge in [0, 0.05) is 27.1 Å². The summed E-state index contributed by atoms with van der Waals surface area (Å²) in [6, 6.07) is -0.602. The summed E-state index contributed by atoms with van der Waals surface area (Å²) in [7, 11) is 3.23. The molecule has 0 aliphatic carbocycles. The van der Waals surface area contributed by atoms with Crippen LogP contribution in [0.25, 0.3) is 0 Å². The van der Waals surface area contributed by atoms with Crippen molar-refractivity contribution >= 4 is 17.7 Å². The van der Waals surface area contributed by atoms with E-state index < -0.39 is 11.9 Å². The fraction of sp³-hybridized carbons (Fsp3) is 0.643. The molecule has 0 aromatic rings. The van der Waals surface area contributed by atoms with Crippen LogP contribution in [0.15, 0.2) is 12.7 Å². The molecule has 0 unspecified atom stereocenters. The molecule has 0 saturated carbocycles. The average molecular weight is 283 g/mol. The molecular weight excluding hydrogens is 258 g/mol. The molecule has 20 heavy (non-hydrogen) atoms. The molecule has 0 rings (SSSR count). The first-order valence-electron chi connectivity index (χ1n) is 6.64. The number of carbonyl (C=O) groups is 3. The number of carbonyl (C=O) groups excluding carboxylic acids is 3. The highest BCUT2D eigenvalue weighted by Crippen LogP contribution is 2.11. The Bertz CT molecular complexity index is 380. The van der Waals surface area contributed by atoms with Crippen molar-refractivity contribution in [2.75, 3.05) is 20.6 Å². The van der Waals surface area contributed by atoms with Crippen LogP contribution in [0.2, 0.25) is 0 Å². The largest absolute Gasteiger partial charge is 0.368 e. The lowest BCUT2D eigenvalue weighted by molar-refractivity contribution is -0.139. The predicted octanol–water partition coefficient (Wildman–Crippen LogP) is 0.379. The maximum absolute atomic E-state index is 12.0. The fourth-order valence-electron chi connectivity index (χ4n) is 2.03. The lowest BCUT2D eigenvalue weighted by Crippen LogP contribution is -2.48. The number of nitrogens with two attached hydrogens (primary N) is 1. The second kappa shape index (κ2) is 8.35. The van der Waals surface area contributed by atoms with Gasteiger partial charge in [-0.2, -0.15) is 0 Å². The van der Waals surface area contributed by atoms with Crippen molar-refractivity contribution < 1.29 is 14.4 Å². The van der Waals surface area contributed by atoms with Gasteiger partial charge in [-0.1, -0.05) is 20.4 Å². The molecular formula is C14H25N3O3. The Morgan fingerprint density at radius 2 is 1.80 bits per heavy atom. The molecule has 0 saturated heterocycles. The molecule has 0 aromatic carbocycles. The standard InChI is InChI=1S/C14H25N3O3/c1-6-11(18)16(4)9-7-8-12(19)17(5)13(10(2)3)14(15)20/h6,10,13H,1,7-9H2,2-5H3,(H2,15,20)/t13-/m0/s1. The van der Waals surface area contributed by atoms with Crippen molar-refractivity contribution in [2.24, 2.45) is 11.7 Å². The summed E-state index contributed by atoms with van der Waals surface area (Å²) in [4.78, 5) is 37.5. The minimum absolute atomic E-state index is 0.0357. The van der Waals surface area contributed by atoms with Gasteiger partial charge in [-0.15, -0.1) is 0 Å². The first-order chi connectivity index (χ1) is 9.22. The van der Waals surface area contributed by atoms with E-state index in [1.807, 2.05) is 13.8 Å². The molecule has 0 aliphatic rings. The number of rotatable bonds is 8. The summed E-state index contributed by atoms with van der Waals surface area (Å²) in [5.41, 5.74) is 5.31. The van der Waals surface area contributed by atoms with Crippen molar-refractivity contribution in [2.45, 2.75) is 32.7 Å². The van der Waals surface area contributed by atoms with Crippen molar-refractivity contribution in [1.82, 2.24) is 9.80 Å². The van der Waals surface area contributed by atoms with Crippen LogP contribution in [0, 0.1) is 5.92 Å². The number of amides is 3. The topological polar surface area (TPSA) is 83.7 Å². The summed E-state index contributed by atoms with van der Waals surface area (Å²) in [6.45, 7) is 7.55.